The van der Waals surface area contributed by atoms with Crippen LogP contribution in [0.2, 0.25) is 0 Å². The molecule has 0 saturated heterocycles. The van der Waals surface area contributed by atoms with Crippen LogP contribution in [0.3, 0.4) is 0 Å². The van der Waals surface area contributed by atoms with Crippen LogP contribution in [0.15, 0.2) is 60.2 Å². The third kappa shape index (κ3) is 3.36. The van der Waals surface area contributed by atoms with Gasteiger partial charge in [0.1, 0.15) is 5.82 Å². The predicted molar refractivity (Wildman–Crippen MR) is 83.9 cm³/mol. The fourth-order valence-corrected chi connectivity index (χ4v) is 2.16. The van der Waals surface area contributed by atoms with Gasteiger partial charge in [0.25, 0.3) is 0 Å². The molecule has 0 unspecified atom stereocenters. The molecule has 3 rings (SSSR count). The van der Waals surface area contributed by atoms with E-state index in [1.807, 2.05) is 24.3 Å². The van der Waals surface area contributed by atoms with Gasteiger partial charge in [0.2, 0.25) is 0 Å². The fourth-order valence-electron chi connectivity index (χ4n) is 2.16. The molecule has 2 aromatic rings. The Kier molecular flexibility index (Phi) is 4.58. The van der Waals surface area contributed by atoms with Crippen LogP contribution in [0.4, 0.5) is 5.82 Å². The highest BCUT2D eigenvalue weighted by molar-refractivity contribution is 5.85. The van der Waals surface area contributed by atoms with Crippen molar-refractivity contribution < 1.29 is 0 Å². The van der Waals surface area contributed by atoms with Crippen molar-refractivity contribution in [3.05, 3.63) is 60.2 Å². The Bertz CT molecular complexity index is 617. The number of benzene rings is 1. The Morgan fingerprint density at radius 2 is 1.95 bits per heavy atom. The number of rotatable bonds is 3. The summed E-state index contributed by atoms with van der Waals surface area (Å²) in [4.78, 5) is 4.60. The monoisotopic (exact) mass is 272 g/mol. The topological polar surface area (TPSA) is 24.9 Å². The molecule has 1 aliphatic carbocycles. The number of hydrogen-bond acceptors (Lipinski definition) is 2. The Labute approximate surface area is 119 Å². The zero-order chi connectivity index (χ0) is 12.2. The maximum atomic E-state index is 4.60. The van der Waals surface area contributed by atoms with Crippen LogP contribution in [-0.2, 0) is 0 Å². The number of hydrogen-bond donors (Lipinski definition) is 1. The maximum absolute atomic E-state index is 4.60. The summed E-state index contributed by atoms with van der Waals surface area (Å²) >= 11 is 0. The van der Waals surface area contributed by atoms with Crippen molar-refractivity contribution in [1.29, 1.82) is 0 Å². The number of aromatic nitrogens is 1. The van der Waals surface area contributed by atoms with Gasteiger partial charge < -0.3 is 5.32 Å². The van der Waals surface area contributed by atoms with Crippen LogP contribution >= 0.6 is 12.4 Å². The van der Waals surface area contributed by atoms with E-state index in [-0.39, 0.29) is 12.4 Å². The van der Waals surface area contributed by atoms with Gasteiger partial charge >= 0.3 is 0 Å². The largest absolute Gasteiger partial charge is 0.366 e. The second-order valence-corrected chi connectivity index (χ2v) is 4.50. The molecule has 0 saturated carbocycles. The molecule has 98 valence electrons. The number of fused-ring (bicyclic) bond motifs is 1. The SMILES string of the molecule is C1=CC(CNc2ccc3ccccc3n2)=CCC1.Cl. The lowest BCUT2D eigenvalue weighted by Crippen LogP contribution is -2.06. The average Bonchev–Trinajstić information content (AvgIpc) is 2.46. The van der Waals surface area contributed by atoms with Crippen LogP contribution in [0.5, 0.6) is 0 Å². The minimum absolute atomic E-state index is 0. The molecule has 0 spiro atoms. The summed E-state index contributed by atoms with van der Waals surface area (Å²) in [5.41, 5.74) is 2.38. The lowest BCUT2D eigenvalue weighted by molar-refractivity contribution is 1.00. The van der Waals surface area contributed by atoms with Crippen molar-refractivity contribution in [2.24, 2.45) is 0 Å². The predicted octanol–water partition coefficient (Wildman–Crippen LogP) is 4.34. The van der Waals surface area contributed by atoms with Gasteiger partial charge in [0.15, 0.2) is 0 Å². The highest BCUT2D eigenvalue weighted by Gasteiger charge is 2.00. The van der Waals surface area contributed by atoms with Crippen molar-refractivity contribution in [3.8, 4) is 0 Å². The van der Waals surface area contributed by atoms with E-state index in [1.54, 1.807) is 0 Å². The molecule has 0 radical (unpaired) electrons. The third-order valence-electron chi connectivity index (χ3n) is 3.14. The van der Waals surface area contributed by atoms with Crippen LogP contribution < -0.4 is 5.32 Å². The number of pyridine rings is 1. The van der Waals surface area contributed by atoms with Gasteiger partial charge in [-0.25, -0.2) is 4.98 Å². The maximum Gasteiger partial charge on any atom is 0.126 e. The van der Waals surface area contributed by atoms with Gasteiger partial charge in [-0.3, -0.25) is 0 Å². The number of nitrogens with one attached hydrogen (secondary N) is 1. The first-order chi connectivity index (χ1) is 8.92. The summed E-state index contributed by atoms with van der Waals surface area (Å²) < 4.78 is 0. The zero-order valence-electron chi connectivity index (χ0n) is 10.7. The lowest BCUT2D eigenvalue weighted by Gasteiger charge is -2.09. The van der Waals surface area contributed by atoms with E-state index in [2.05, 4.69) is 40.7 Å². The summed E-state index contributed by atoms with van der Waals surface area (Å²) in [6, 6.07) is 12.3. The van der Waals surface area contributed by atoms with Gasteiger partial charge in [-0.15, -0.1) is 12.4 Å². The molecule has 0 atom stereocenters. The van der Waals surface area contributed by atoms with E-state index < -0.39 is 0 Å². The van der Waals surface area contributed by atoms with Crippen molar-refractivity contribution in [2.45, 2.75) is 12.8 Å². The van der Waals surface area contributed by atoms with Gasteiger partial charge in [-0.1, -0.05) is 36.4 Å². The highest BCUT2D eigenvalue weighted by atomic mass is 35.5. The first-order valence-electron chi connectivity index (χ1n) is 6.37. The molecule has 0 amide bonds. The quantitative estimate of drug-likeness (QED) is 0.899. The number of halogens is 1. The lowest BCUT2D eigenvalue weighted by atomic mass is 10.1. The standard InChI is InChI=1S/C16H16N2.ClH/c1-2-6-13(7-3-1)12-17-16-11-10-14-8-4-5-9-15(14)18-16;/h2,4-11H,1,3,12H2,(H,17,18);1H. The Morgan fingerprint density at radius 1 is 1.05 bits per heavy atom. The second kappa shape index (κ2) is 6.39. The van der Waals surface area contributed by atoms with Crippen molar-refractivity contribution >= 4 is 29.1 Å². The molecule has 19 heavy (non-hydrogen) atoms. The fraction of sp³-hybridized carbons (Fsp3) is 0.188. The van der Waals surface area contributed by atoms with Crippen LogP contribution in [-0.4, -0.2) is 11.5 Å². The number of allylic oxidation sites excluding steroid dienone is 2. The minimum Gasteiger partial charge on any atom is -0.366 e. The molecule has 1 N–H and O–H groups in total. The molecular formula is C16H17ClN2. The van der Waals surface area contributed by atoms with E-state index in [1.165, 1.54) is 11.0 Å². The molecule has 1 aromatic heterocycles. The Morgan fingerprint density at radius 3 is 2.79 bits per heavy atom. The summed E-state index contributed by atoms with van der Waals surface area (Å²) in [6.07, 6.45) is 9.02. The molecule has 1 heterocycles. The molecule has 1 aromatic carbocycles. The first kappa shape index (κ1) is 13.6. The van der Waals surface area contributed by atoms with Gasteiger partial charge in [-0.2, -0.15) is 0 Å². The van der Waals surface area contributed by atoms with Gasteiger partial charge in [0, 0.05) is 11.9 Å². The Hall–Kier alpha value is -1.80. The molecule has 1 aliphatic rings. The van der Waals surface area contributed by atoms with Crippen molar-refractivity contribution in [3.63, 3.8) is 0 Å². The molecule has 0 fully saturated rings. The third-order valence-corrected chi connectivity index (χ3v) is 3.14. The minimum atomic E-state index is 0. The average molecular weight is 273 g/mol. The van der Waals surface area contributed by atoms with Crippen LogP contribution in [0, 0.1) is 0 Å². The van der Waals surface area contributed by atoms with E-state index in [4.69, 9.17) is 0 Å². The van der Waals surface area contributed by atoms with Crippen LogP contribution in [0.25, 0.3) is 10.9 Å². The molecule has 0 aliphatic heterocycles. The number of para-hydroxylation sites is 1. The van der Waals surface area contributed by atoms with E-state index in [0.29, 0.717) is 0 Å². The first-order valence-corrected chi connectivity index (χ1v) is 6.37. The zero-order valence-corrected chi connectivity index (χ0v) is 11.5. The van der Waals surface area contributed by atoms with E-state index in [9.17, 15) is 0 Å². The molecular weight excluding hydrogens is 256 g/mol. The van der Waals surface area contributed by atoms with Gasteiger partial charge in [-0.05, 0) is 36.6 Å². The Balaban J connectivity index is 0.00000133. The number of anilines is 1. The van der Waals surface area contributed by atoms with Crippen molar-refractivity contribution in [1.82, 2.24) is 4.98 Å². The molecule has 3 heteroatoms. The van der Waals surface area contributed by atoms with E-state index >= 15 is 0 Å². The van der Waals surface area contributed by atoms with Crippen LogP contribution in [0.1, 0.15) is 12.8 Å². The van der Waals surface area contributed by atoms with E-state index in [0.717, 1.165) is 30.7 Å². The summed E-state index contributed by atoms with van der Waals surface area (Å²) in [6.45, 7) is 0.849. The highest BCUT2D eigenvalue weighted by Crippen LogP contribution is 2.15. The normalized spacial score (nSPS) is 13.8. The summed E-state index contributed by atoms with van der Waals surface area (Å²) in [5.74, 6) is 0.938. The number of nitrogens with zero attached hydrogens (tertiary/aromatic N) is 1. The second-order valence-electron chi connectivity index (χ2n) is 4.50. The van der Waals surface area contributed by atoms with Gasteiger partial charge in [0.05, 0.1) is 5.52 Å². The molecule has 2 nitrogen and oxygen atoms in total. The molecule has 0 bridgehead atoms. The smallest absolute Gasteiger partial charge is 0.126 e. The van der Waals surface area contributed by atoms with Crippen molar-refractivity contribution in [2.75, 3.05) is 11.9 Å². The summed E-state index contributed by atoms with van der Waals surface area (Å²) in [7, 11) is 0. The summed E-state index contributed by atoms with van der Waals surface area (Å²) in [5, 5.41) is 4.56.